The van der Waals surface area contributed by atoms with Gasteiger partial charge >= 0.3 is 6.09 Å². The molecular formula is C29H32N4O5S. The van der Waals surface area contributed by atoms with Gasteiger partial charge < -0.3 is 14.4 Å². The van der Waals surface area contributed by atoms with E-state index in [0.29, 0.717) is 30.2 Å². The zero-order chi connectivity index (χ0) is 27.1. The Labute approximate surface area is 228 Å². The molecule has 2 aliphatic heterocycles. The van der Waals surface area contributed by atoms with E-state index >= 15 is 0 Å². The van der Waals surface area contributed by atoms with Crippen molar-refractivity contribution < 1.29 is 22.7 Å². The van der Waals surface area contributed by atoms with E-state index in [9.17, 15) is 13.2 Å². The third-order valence-electron chi connectivity index (χ3n) is 7.90. The molecule has 1 saturated heterocycles. The molecule has 204 valence electrons. The minimum Gasteiger partial charge on any atom is -0.487 e. The Morgan fingerprint density at radius 2 is 1.77 bits per heavy atom. The van der Waals surface area contributed by atoms with Gasteiger partial charge in [0.15, 0.2) is 15.7 Å². The van der Waals surface area contributed by atoms with Crippen LogP contribution in [0.25, 0.3) is 11.4 Å². The van der Waals surface area contributed by atoms with Crippen molar-refractivity contribution in [1.29, 1.82) is 0 Å². The predicted octanol–water partition coefficient (Wildman–Crippen LogP) is 4.50. The second-order valence-electron chi connectivity index (χ2n) is 11.2. The molecule has 1 amide bonds. The minimum absolute atomic E-state index is 0.122. The quantitative estimate of drug-likeness (QED) is 0.443. The number of rotatable bonds is 6. The number of hydrogen-bond donors (Lipinski definition) is 0. The van der Waals surface area contributed by atoms with Crippen LogP contribution >= 0.6 is 0 Å². The summed E-state index contributed by atoms with van der Waals surface area (Å²) in [7, 11) is -3.39. The first-order valence-corrected chi connectivity index (χ1v) is 15.2. The van der Waals surface area contributed by atoms with Gasteiger partial charge in [-0.1, -0.05) is 6.07 Å². The number of ether oxygens (including phenoxy) is 2. The van der Waals surface area contributed by atoms with Gasteiger partial charge in [0.2, 0.25) is 0 Å². The number of piperidine rings is 1. The number of aromatic nitrogens is 3. The van der Waals surface area contributed by atoms with Gasteiger partial charge in [-0.3, -0.25) is 4.98 Å². The van der Waals surface area contributed by atoms with E-state index < -0.39 is 9.84 Å². The van der Waals surface area contributed by atoms with Gasteiger partial charge in [0.25, 0.3) is 0 Å². The Morgan fingerprint density at radius 3 is 2.46 bits per heavy atom. The molecule has 6 rings (SSSR count). The zero-order valence-corrected chi connectivity index (χ0v) is 22.8. The van der Waals surface area contributed by atoms with Gasteiger partial charge in [-0.15, -0.1) is 0 Å². The van der Waals surface area contributed by atoms with E-state index in [1.54, 1.807) is 36.8 Å². The number of aryl methyl sites for hydroxylation is 1. The van der Waals surface area contributed by atoms with Crippen molar-refractivity contribution in [1.82, 2.24) is 19.9 Å². The molecule has 1 aromatic carbocycles. The highest BCUT2D eigenvalue weighted by molar-refractivity contribution is 7.89. The number of fused-ring (bicyclic) bond motifs is 1. The third-order valence-corrected chi connectivity index (χ3v) is 9.41. The molecule has 2 fully saturated rings. The summed E-state index contributed by atoms with van der Waals surface area (Å²) in [4.78, 5) is 27.3. The molecule has 3 aliphatic rings. The molecule has 0 unspecified atom stereocenters. The van der Waals surface area contributed by atoms with Gasteiger partial charge in [-0.25, -0.2) is 23.2 Å². The number of carbonyl (C=O) groups excluding carboxylic acids is 1. The second kappa shape index (κ2) is 9.89. The highest BCUT2D eigenvalue weighted by Gasteiger charge is 2.45. The molecule has 1 aliphatic carbocycles. The van der Waals surface area contributed by atoms with E-state index in [1.807, 2.05) is 24.0 Å². The SMILES string of the molecule is CC1(OC(=O)N2CCC3(CCc4cc(-c5ncc(CS(=O)(=O)Cc6ccccn6)cn5)ccc4O3)CC2)CC1. The molecule has 0 N–H and O–H groups in total. The van der Waals surface area contributed by atoms with E-state index in [1.165, 1.54) is 0 Å². The number of amides is 1. The Bertz CT molecular complexity index is 1470. The molecule has 2 aromatic heterocycles. The fraction of sp³-hybridized carbons (Fsp3) is 0.448. The average molecular weight is 549 g/mol. The smallest absolute Gasteiger partial charge is 0.410 e. The summed E-state index contributed by atoms with van der Waals surface area (Å²) >= 11 is 0. The fourth-order valence-electron chi connectivity index (χ4n) is 5.25. The molecular weight excluding hydrogens is 516 g/mol. The molecule has 4 heterocycles. The lowest BCUT2D eigenvalue weighted by atomic mass is 9.83. The largest absolute Gasteiger partial charge is 0.487 e. The minimum atomic E-state index is -3.39. The van der Waals surface area contributed by atoms with Gasteiger partial charge in [-0.05, 0) is 68.5 Å². The molecule has 10 heteroatoms. The van der Waals surface area contributed by atoms with Crippen molar-refractivity contribution >= 4 is 15.9 Å². The first kappa shape index (κ1) is 25.7. The second-order valence-corrected chi connectivity index (χ2v) is 13.2. The normalized spacial score (nSPS) is 19.2. The van der Waals surface area contributed by atoms with Crippen molar-refractivity contribution in [2.75, 3.05) is 13.1 Å². The molecule has 0 radical (unpaired) electrons. The number of carbonyl (C=O) groups is 1. The summed E-state index contributed by atoms with van der Waals surface area (Å²) in [6.45, 7) is 3.26. The molecule has 39 heavy (non-hydrogen) atoms. The van der Waals surface area contributed by atoms with Crippen LogP contribution in [0, 0.1) is 0 Å². The molecule has 9 nitrogen and oxygen atoms in total. The zero-order valence-electron chi connectivity index (χ0n) is 22.0. The Hall–Kier alpha value is -3.53. The lowest BCUT2D eigenvalue weighted by molar-refractivity contribution is -0.0201. The molecule has 1 saturated carbocycles. The predicted molar refractivity (Wildman–Crippen MR) is 145 cm³/mol. The van der Waals surface area contributed by atoms with Crippen molar-refractivity contribution in [2.24, 2.45) is 0 Å². The maximum atomic E-state index is 12.6. The number of sulfone groups is 1. The number of hydrogen-bond acceptors (Lipinski definition) is 8. The highest BCUT2D eigenvalue weighted by Crippen LogP contribution is 2.42. The molecule has 3 aromatic rings. The standard InChI is InChI=1S/C29H32N4O5S/c1-28(9-10-28)38-27(34)33-14-11-29(12-15-33)8-7-22-16-23(5-6-25(22)37-29)26-31-17-21(18-32-26)19-39(35,36)20-24-4-2-3-13-30-24/h2-6,13,16-18H,7-12,14-15,19-20H2,1H3. The van der Waals surface area contributed by atoms with Crippen LogP contribution in [0.15, 0.2) is 55.0 Å². The summed E-state index contributed by atoms with van der Waals surface area (Å²) < 4.78 is 37.3. The van der Waals surface area contributed by atoms with Crippen LogP contribution in [0.4, 0.5) is 4.79 Å². The Balaban J connectivity index is 1.07. The molecule has 1 spiro atoms. The number of pyridine rings is 1. The summed E-state index contributed by atoms with van der Waals surface area (Å²) in [6.07, 6.45) is 9.75. The first-order valence-electron chi connectivity index (χ1n) is 13.4. The Kier molecular flexibility index (Phi) is 6.53. The van der Waals surface area contributed by atoms with Crippen LogP contribution in [0.1, 0.15) is 55.8 Å². The number of benzene rings is 1. The van der Waals surface area contributed by atoms with Crippen molar-refractivity contribution in [3.05, 3.63) is 71.8 Å². The summed E-state index contributed by atoms with van der Waals surface area (Å²) in [5.74, 6) is 1.14. The number of likely N-dealkylation sites (tertiary alicyclic amines) is 1. The van der Waals surface area contributed by atoms with E-state index in [0.717, 1.165) is 55.4 Å². The van der Waals surface area contributed by atoms with Crippen LogP contribution in [-0.2, 0) is 32.5 Å². The van der Waals surface area contributed by atoms with Crippen LogP contribution in [0.2, 0.25) is 0 Å². The number of nitrogens with zero attached hydrogens (tertiary/aromatic N) is 4. The van der Waals surface area contributed by atoms with Crippen LogP contribution in [0.5, 0.6) is 5.75 Å². The van der Waals surface area contributed by atoms with E-state index in [2.05, 4.69) is 21.0 Å². The first-order chi connectivity index (χ1) is 18.7. The van der Waals surface area contributed by atoms with Crippen molar-refractivity contribution in [3.8, 4) is 17.1 Å². The highest BCUT2D eigenvalue weighted by atomic mass is 32.2. The lowest BCUT2D eigenvalue weighted by Crippen LogP contribution is -2.51. The van der Waals surface area contributed by atoms with E-state index in [4.69, 9.17) is 9.47 Å². The van der Waals surface area contributed by atoms with Gasteiger partial charge in [0.1, 0.15) is 17.0 Å². The summed E-state index contributed by atoms with van der Waals surface area (Å²) in [6, 6.07) is 11.2. The molecule has 0 atom stereocenters. The monoisotopic (exact) mass is 548 g/mol. The van der Waals surface area contributed by atoms with Gasteiger partial charge in [-0.2, -0.15) is 0 Å². The average Bonchev–Trinajstić information content (AvgIpc) is 3.65. The maximum absolute atomic E-state index is 12.6. The van der Waals surface area contributed by atoms with Gasteiger partial charge in [0.05, 0.1) is 17.2 Å². The Morgan fingerprint density at radius 1 is 1.00 bits per heavy atom. The van der Waals surface area contributed by atoms with E-state index in [-0.39, 0.29) is 28.8 Å². The lowest BCUT2D eigenvalue weighted by Gasteiger charge is -2.44. The topological polar surface area (TPSA) is 112 Å². The summed E-state index contributed by atoms with van der Waals surface area (Å²) in [5.41, 5.74) is 2.51. The summed E-state index contributed by atoms with van der Waals surface area (Å²) in [5, 5.41) is 0. The van der Waals surface area contributed by atoms with Crippen molar-refractivity contribution in [2.45, 2.75) is 68.2 Å². The molecule has 0 bridgehead atoms. The van der Waals surface area contributed by atoms with Crippen LogP contribution in [0.3, 0.4) is 0 Å². The van der Waals surface area contributed by atoms with Crippen LogP contribution in [-0.4, -0.2) is 58.7 Å². The van der Waals surface area contributed by atoms with Crippen LogP contribution < -0.4 is 4.74 Å². The van der Waals surface area contributed by atoms with Crippen molar-refractivity contribution in [3.63, 3.8) is 0 Å². The van der Waals surface area contributed by atoms with Gasteiger partial charge in [0, 0.05) is 55.6 Å². The maximum Gasteiger partial charge on any atom is 0.410 e. The fourth-order valence-corrected chi connectivity index (χ4v) is 6.64. The third kappa shape index (κ3) is 5.90.